The number of hydrogen-bond acceptors (Lipinski definition) is 7. The molecular weight excluding hydrogens is 564 g/mol. The molecule has 8 nitrogen and oxygen atoms in total. The van der Waals surface area contributed by atoms with E-state index in [9.17, 15) is 9.90 Å². The maximum atomic E-state index is 12.7. The van der Waals surface area contributed by atoms with E-state index in [4.69, 9.17) is 11.6 Å². The molecule has 36 heavy (non-hydrogen) atoms. The number of rotatable bonds is 9. The molecule has 1 amide bonds. The summed E-state index contributed by atoms with van der Waals surface area (Å²) in [4.78, 5) is 12.7. The predicted octanol–water partition coefficient (Wildman–Crippen LogP) is 5.63. The van der Waals surface area contributed by atoms with Gasteiger partial charge in [0.2, 0.25) is 0 Å². The van der Waals surface area contributed by atoms with Crippen LogP contribution in [0.2, 0.25) is 5.02 Å². The van der Waals surface area contributed by atoms with Gasteiger partial charge in [-0.2, -0.15) is 5.10 Å². The average Bonchev–Trinajstić information content (AvgIpc) is 3.28. The largest absolute Gasteiger partial charge is 0.507 e. The minimum atomic E-state index is -0.519. The van der Waals surface area contributed by atoms with Crippen molar-refractivity contribution >= 4 is 57.1 Å². The van der Waals surface area contributed by atoms with E-state index in [1.165, 1.54) is 24.0 Å². The molecule has 4 aromatic rings. The van der Waals surface area contributed by atoms with E-state index in [2.05, 4.69) is 42.0 Å². The molecule has 0 bridgehead atoms. The molecule has 1 heterocycles. The molecule has 0 spiro atoms. The monoisotopic (exact) mass is 584 g/mol. The van der Waals surface area contributed by atoms with Crippen LogP contribution in [-0.4, -0.2) is 37.2 Å². The third-order valence-corrected chi connectivity index (χ3v) is 6.84. The molecule has 1 unspecified atom stereocenters. The lowest BCUT2D eigenvalue weighted by molar-refractivity contribution is -0.120. The van der Waals surface area contributed by atoms with Crippen molar-refractivity contribution in [1.82, 2.24) is 20.2 Å². The summed E-state index contributed by atoms with van der Waals surface area (Å²) in [5, 5.41) is 26.4. The maximum absolute atomic E-state index is 12.7. The first-order valence-corrected chi connectivity index (χ1v) is 12.9. The number of benzene rings is 3. The van der Waals surface area contributed by atoms with Crippen LogP contribution in [0.15, 0.2) is 87.5 Å². The van der Waals surface area contributed by atoms with Crippen molar-refractivity contribution in [2.24, 2.45) is 5.10 Å². The van der Waals surface area contributed by atoms with Crippen molar-refractivity contribution in [3.8, 4) is 11.4 Å². The van der Waals surface area contributed by atoms with Gasteiger partial charge in [-0.3, -0.25) is 9.36 Å². The Balaban J connectivity index is 1.47. The van der Waals surface area contributed by atoms with Gasteiger partial charge in [0.05, 0.1) is 18.0 Å². The summed E-state index contributed by atoms with van der Waals surface area (Å²) in [7, 11) is 0. The Bertz CT molecular complexity index is 1360. The quantitative estimate of drug-likeness (QED) is 0.134. The van der Waals surface area contributed by atoms with Crippen LogP contribution in [0.25, 0.3) is 5.69 Å². The van der Waals surface area contributed by atoms with Gasteiger partial charge in [0.15, 0.2) is 11.0 Å². The molecule has 0 aliphatic carbocycles. The van der Waals surface area contributed by atoms with Crippen LogP contribution >= 0.6 is 39.3 Å². The smallest absolute Gasteiger partial charge is 0.253 e. The van der Waals surface area contributed by atoms with Gasteiger partial charge < -0.3 is 10.4 Å². The second-order valence-corrected chi connectivity index (χ2v) is 10.3. The number of phenols is 1. The van der Waals surface area contributed by atoms with E-state index in [0.717, 1.165) is 15.8 Å². The third kappa shape index (κ3) is 6.66. The van der Waals surface area contributed by atoms with Crippen molar-refractivity contribution in [2.75, 3.05) is 5.32 Å². The van der Waals surface area contributed by atoms with Gasteiger partial charge in [-0.25, -0.2) is 5.43 Å². The molecule has 0 saturated heterocycles. The number of thioether (sulfide) groups is 1. The molecule has 0 fully saturated rings. The average molecular weight is 586 g/mol. The normalized spacial score (nSPS) is 12.0. The second-order valence-electron chi connectivity index (χ2n) is 7.63. The highest BCUT2D eigenvalue weighted by Crippen LogP contribution is 2.26. The molecule has 0 radical (unpaired) electrons. The summed E-state index contributed by atoms with van der Waals surface area (Å²) in [5.74, 6) is 0.392. The molecular formula is C25H22BrClN6O2S. The van der Waals surface area contributed by atoms with Gasteiger partial charge in [0, 0.05) is 26.4 Å². The van der Waals surface area contributed by atoms with Gasteiger partial charge in [-0.1, -0.05) is 57.5 Å². The van der Waals surface area contributed by atoms with E-state index in [1.54, 1.807) is 19.1 Å². The van der Waals surface area contributed by atoms with E-state index >= 15 is 0 Å². The van der Waals surface area contributed by atoms with Gasteiger partial charge >= 0.3 is 0 Å². The summed E-state index contributed by atoms with van der Waals surface area (Å²) in [6.07, 6.45) is 1.34. The summed E-state index contributed by atoms with van der Waals surface area (Å²) in [6, 6.07) is 22.2. The molecule has 4 rings (SSSR count). The number of phenolic OH excluding ortho intramolecular Hbond substituents is 1. The lowest BCUT2D eigenvalue weighted by Gasteiger charge is -2.13. The van der Waals surface area contributed by atoms with Gasteiger partial charge in [0.25, 0.3) is 5.91 Å². The first-order valence-electron chi connectivity index (χ1n) is 10.9. The van der Waals surface area contributed by atoms with Crippen LogP contribution in [0.5, 0.6) is 5.75 Å². The summed E-state index contributed by atoms with van der Waals surface area (Å²) < 4.78 is 2.92. The van der Waals surface area contributed by atoms with Crippen LogP contribution < -0.4 is 10.7 Å². The zero-order valence-corrected chi connectivity index (χ0v) is 22.3. The van der Waals surface area contributed by atoms with E-state index in [-0.39, 0.29) is 11.7 Å². The van der Waals surface area contributed by atoms with E-state index in [1.807, 2.05) is 59.2 Å². The molecule has 11 heteroatoms. The predicted molar refractivity (Wildman–Crippen MR) is 147 cm³/mol. The van der Waals surface area contributed by atoms with Gasteiger partial charge in [0.1, 0.15) is 5.75 Å². The van der Waals surface area contributed by atoms with Crippen molar-refractivity contribution < 1.29 is 9.90 Å². The van der Waals surface area contributed by atoms with Crippen LogP contribution in [0.4, 0.5) is 5.69 Å². The number of hydrogen-bond donors (Lipinski definition) is 3. The van der Waals surface area contributed by atoms with E-state index in [0.29, 0.717) is 28.1 Å². The highest BCUT2D eigenvalue weighted by molar-refractivity contribution is 9.10. The summed E-state index contributed by atoms with van der Waals surface area (Å²) >= 11 is 10.7. The van der Waals surface area contributed by atoms with Crippen LogP contribution in [0.1, 0.15) is 18.3 Å². The Morgan fingerprint density at radius 3 is 2.67 bits per heavy atom. The molecule has 0 saturated carbocycles. The highest BCUT2D eigenvalue weighted by Gasteiger charge is 2.21. The van der Waals surface area contributed by atoms with Gasteiger partial charge in [-0.15, -0.1) is 10.2 Å². The number of carbonyl (C=O) groups excluding carboxylic acids is 1. The molecule has 1 atom stereocenters. The summed E-state index contributed by atoms with van der Waals surface area (Å²) in [6.45, 7) is 2.20. The number of aromatic nitrogens is 3. The fourth-order valence-corrected chi connectivity index (χ4v) is 4.50. The molecule has 0 aliphatic heterocycles. The number of anilines is 1. The maximum Gasteiger partial charge on any atom is 0.253 e. The van der Waals surface area contributed by atoms with Crippen molar-refractivity contribution in [3.63, 3.8) is 0 Å². The lowest BCUT2D eigenvalue weighted by atomic mass is 10.2. The number of nitrogens with one attached hydrogen (secondary N) is 2. The third-order valence-electron chi connectivity index (χ3n) is 5.03. The van der Waals surface area contributed by atoms with Crippen molar-refractivity contribution in [2.45, 2.75) is 23.9 Å². The summed E-state index contributed by atoms with van der Waals surface area (Å²) in [5.41, 5.74) is 4.73. The number of hydrazone groups is 1. The SMILES string of the molecule is CC(Sc1nnc(CNc2ccc(Br)cc2)n1-c1ccccc1)C(=O)NN=Cc1cc(Cl)ccc1O. The Kier molecular flexibility index (Phi) is 8.63. The van der Waals surface area contributed by atoms with Crippen molar-refractivity contribution in [1.29, 1.82) is 0 Å². The number of amides is 1. The van der Waals surface area contributed by atoms with Crippen molar-refractivity contribution in [3.05, 3.63) is 93.7 Å². The Hall–Kier alpha value is -3.34. The van der Waals surface area contributed by atoms with Crippen LogP contribution in [0, 0.1) is 0 Å². The van der Waals surface area contributed by atoms with E-state index < -0.39 is 5.25 Å². The fraction of sp³-hybridized carbons (Fsp3) is 0.120. The Morgan fingerprint density at radius 1 is 1.17 bits per heavy atom. The minimum absolute atomic E-state index is 0.0139. The molecule has 3 aromatic carbocycles. The fourth-order valence-electron chi connectivity index (χ4n) is 3.17. The minimum Gasteiger partial charge on any atom is -0.507 e. The molecule has 3 N–H and O–H groups in total. The van der Waals surface area contributed by atoms with Gasteiger partial charge in [-0.05, 0) is 61.5 Å². The zero-order chi connectivity index (χ0) is 25.5. The second kappa shape index (κ2) is 12.1. The standard InChI is InChI=1S/C25H22BrClN6O2S/c1-16(24(35)31-29-14-17-13-19(27)9-12-22(17)34)36-25-32-30-23(33(25)21-5-3-2-4-6-21)15-28-20-10-7-18(26)8-11-20/h2-14,16,28,34H,15H2,1H3,(H,31,35). The Morgan fingerprint density at radius 2 is 1.92 bits per heavy atom. The first kappa shape index (κ1) is 25.7. The topological polar surface area (TPSA) is 104 Å². The zero-order valence-electron chi connectivity index (χ0n) is 19.1. The molecule has 1 aromatic heterocycles. The highest BCUT2D eigenvalue weighted by atomic mass is 79.9. The number of carbonyl (C=O) groups is 1. The lowest BCUT2D eigenvalue weighted by Crippen LogP contribution is -2.27. The molecule has 184 valence electrons. The molecule has 0 aliphatic rings. The first-order chi connectivity index (χ1) is 17.4. The van der Waals surface area contributed by atoms with Crippen LogP contribution in [0.3, 0.4) is 0 Å². The number of aromatic hydroxyl groups is 1. The number of para-hydroxylation sites is 1. The number of halogens is 2. The number of nitrogens with zero attached hydrogens (tertiary/aromatic N) is 4. The Labute approximate surface area is 225 Å². The van der Waals surface area contributed by atoms with Crippen LogP contribution in [-0.2, 0) is 11.3 Å².